The molecule has 3 aromatic rings. The van der Waals surface area contributed by atoms with Crippen LogP contribution in [0.15, 0.2) is 45.6 Å². The average Bonchev–Trinajstić information content (AvgIpc) is 3.01. The number of nitrogens with zero attached hydrogens (tertiary/aromatic N) is 2. The maximum absolute atomic E-state index is 11.6. The van der Waals surface area contributed by atoms with Gasteiger partial charge in [-0.25, -0.2) is 0 Å². The molecule has 0 bridgehead atoms. The van der Waals surface area contributed by atoms with Crippen LogP contribution in [0.1, 0.15) is 11.6 Å². The first-order valence-corrected chi connectivity index (χ1v) is 7.33. The molecule has 0 saturated heterocycles. The second-order valence-corrected chi connectivity index (χ2v) is 5.36. The zero-order chi connectivity index (χ0) is 18.0. The van der Waals surface area contributed by atoms with E-state index in [1.807, 2.05) is 12.1 Å². The fourth-order valence-corrected chi connectivity index (χ4v) is 2.21. The van der Waals surface area contributed by atoms with Crippen LogP contribution in [-0.4, -0.2) is 20.0 Å². The fraction of sp³-hybridized carbons (Fsp3) is 0. The number of rotatable bonds is 4. The summed E-state index contributed by atoms with van der Waals surface area (Å²) in [7, 11) is 0. The van der Waals surface area contributed by atoms with Crippen LogP contribution in [0.5, 0.6) is 5.88 Å². The van der Waals surface area contributed by atoms with Crippen molar-refractivity contribution in [3.8, 4) is 17.2 Å². The topological polar surface area (TPSA) is 122 Å². The van der Waals surface area contributed by atoms with Crippen LogP contribution in [0.4, 0.5) is 5.69 Å². The van der Waals surface area contributed by atoms with Gasteiger partial charge in [0.1, 0.15) is 17.3 Å². The SMILES string of the molecule is O=c1[nH]c(/C=C/c2ccc(-c3ccc(Cl)cc3)o2)nc(O)c1[N+](=O)[O-]. The van der Waals surface area contributed by atoms with E-state index in [-0.39, 0.29) is 5.82 Å². The number of aromatic amines is 1. The molecule has 126 valence electrons. The van der Waals surface area contributed by atoms with Crippen LogP contribution in [0.2, 0.25) is 5.02 Å². The van der Waals surface area contributed by atoms with Gasteiger partial charge in [-0.15, -0.1) is 0 Å². The quantitative estimate of drug-likeness (QED) is 0.543. The number of benzene rings is 1. The third-order valence-electron chi connectivity index (χ3n) is 3.24. The lowest BCUT2D eigenvalue weighted by Crippen LogP contribution is -2.14. The Labute approximate surface area is 145 Å². The van der Waals surface area contributed by atoms with E-state index in [9.17, 15) is 20.0 Å². The van der Waals surface area contributed by atoms with Gasteiger partial charge in [0.05, 0.1) is 4.92 Å². The largest absolute Gasteiger partial charge is 0.488 e. The van der Waals surface area contributed by atoms with Gasteiger partial charge in [0.2, 0.25) is 0 Å². The molecule has 9 heteroatoms. The van der Waals surface area contributed by atoms with Gasteiger partial charge in [-0.2, -0.15) is 4.98 Å². The zero-order valence-corrected chi connectivity index (χ0v) is 13.2. The first kappa shape index (κ1) is 16.5. The Morgan fingerprint density at radius 3 is 2.56 bits per heavy atom. The summed E-state index contributed by atoms with van der Waals surface area (Å²) >= 11 is 5.84. The molecule has 2 heterocycles. The third kappa shape index (κ3) is 3.59. The summed E-state index contributed by atoms with van der Waals surface area (Å²) in [5.41, 5.74) is -1.21. The molecule has 0 amide bonds. The van der Waals surface area contributed by atoms with Crippen LogP contribution in [-0.2, 0) is 0 Å². The van der Waals surface area contributed by atoms with E-state index in [0.717, 1.165) is 5.56 Å². The van der Waals surface area contributed by atoms with Crippen LogP contribution in [0, 0.1) is 10.1 Å². The van der Waals surface area contributed by atoms with Crippen molar-refractivity contribution in [1.29, 1.82) is 0 Å². The summed E-state index contributed by atoms with van der Waals surface area (Å²) in [6, 6.07) is 10.5. The maximum Gasteiger partial charge on any atom is 0.395 e. The summed E-state index contributed by atoms with van der Waals surface area (Å²) in [5.74, 6) is 0.0852. The normalized spacial score (nSPS) is 11.1. The highest BCUT2D eigenvalue weighted by atomic mass is 35.5. The van der Waals surface area contributed by atoms with Crippen molar-refractivity contribution >= 4 is 29.4 Å². The summed E-state index contributed by atoms with van der Waals surface area (Å²) in [4.78, 5) is 27.0. The monoisotopic (exact) mass is 359 g/mol. The Balaban J connectivity index is 1.85. The Morgan fingerprint density at radius 2 is 1.92 bits per heavy atom. The lowest BCUT2D eigenvalue weighted by atomic mass is 10.2. The number of halogens is 1. The van der Waals surface area contributed by atoms with Crippen molar-refractivity contribution < 1.29 is 14.4 Å². The van der Waals surface area contributed by atoms with E-state index in [4.69, 9.17) is 16.0 Å². The minimum absolute atomic E-state index is 0.0439. The number of furan rings is 1. The highest BCUT2D eigenvalue weighted by Crippen LogP contribution is 2.24. The molecule has 2 N–H and O–H groups in total. The molecule has 0 aliphatic carbocycles. The van der Waals surface area contributed by atoms with Gasteiger partial charge >= 0.3 is 11.2 Å². The number of aromatic hydroxyl groups is 1. The predicted octanol–water partition coefficient (Wildman–Crippen LogP) is 3.47. The molecule has 1 aromatic carbocycles. The second kappa shape index (κ2) is 6.62. The fourth-order valence-electron chi connectivity index (χ4n) is 2.09. The number of nitrogens with one attached hydrogen (secondary N) is 1. The molecule has 0 aliphatic rings. The summed E-state index contributed by atoms with van der Waals surface area (Å²) in [5, 5.41) is 20.7. The molecule has 0 unspecified atom stereocenters. The zero-order valence-electron chi connectivity index (χ0n) is 12.5. The second-order valence-electron chi connectivity index (χ2n) is 4.92. The molecule has 2 aromatic heterocycles. The van der Waals surface area contributed by atoms with Crippen molar-refractivity contribution in [2.45, 2.75) is 0 Å². The van der Waals surface area contributed by atoms with Gasteiger partial charge in [-0.05, 0) is 48.6 Å². The van der Waals surface area contributed by atoms with Crippen LogP contribution in [0.3, 0.4) is 0 Å². The average molecular weight is 360 g/mol. The number of H-pyrrole nitrogens is 1. The Morgan fingerprint density at radius 1 is 1.20 bits per heavy atom. The van der Waals surface area contributed by atoms with Gasteiger partial charge in [0.25, 0.3) is 5.88 Å². The lowest BCUT2D eigenvalue weighted by molar-refractivity contribution is -0.387. The molecular weight excluding hydrogens is 350 g/mol. The van der Waals surface area contributed by atoms with Crippen LogP contribution >= 0.6 is 11.6 Å². The van der Waals surface area contributed by atoms with Crippen molar-refractivity contribution in [1.82, 2.24) is 9.97 Å². The minimum atomic E-state index is -1.04. The number of nitro groups is 1. The molecule has 8 nitrogen and oxygen atoms in total. The van der Waals surface area contributed by atoms with Gasteiger partial charge in [0, 0.05) is 10.6 Å². The van der Waals surface area contributed by atoms with E-state index in [1.165, 1.54) is 12.2 Å². The number of aromatic nitrogens is 2. The molecule has 3 rings (SSSR count). The Hall–Kier alpha value is -3.39. The molecule has 0 aliphatic heterocycles. The van der Waals surface area contributed by atoms with Gasteiger partial charge in [0.15, 0.2) is 0 Å². The number of hydrogen-bond donors (Lipinski definition) is 2. The molecular formula is C16H10ClN3O5. The standard InChI is InChI=1S/C16H10ClN3O5/c17-10-3-1-9(2-4-10)12-7-5-11(25-12)6-8-13-18-15(21)14(20(23)24)16(22)19-13/h1-8H,(H2,18,19,21,22)/b8-6+. The number of hydrogen-bond acceptors (Lipinski definition) is 6. The smallest absolute Gasteiger partial charge is 0.395 e. The molecule has 0 fully saturated rings. The van der Waals surface area contributed by atoms with E-state index in [2.05, 4.69) is 9.97 Å². The van der Waals surface area contributed by atoms with Crippen LogP contribution in [0.25, 0.3) is 23.5 Å². The minimum Gasteiger partial charge on any atom is -0.488 e. The van der Waals surface area contributed by atoms with Crippen LogP contribution < -0.4 is 5.56 Å². The van der Waals surface area contributed by atoms with Crippen molar-refractivity contribution in [3.05, 3.63) is 73.5 Å². The highest BCUT2D eigenvalue weighted by Gasteiger charge is 2.21. The summed E-state index contributed by atoms with van der Waals surface area (Å²) < 4.78 is 5.63. The maximum atomic E-state index is 11.6. The predicted molar refractivity (Wildman–Crippen MR) is 91.3 cm³/mol. The van der Waals surface area contributed by atoms with Crippen molar-refractivity contribution in [3.63, 3.8) is 0 Å². The van der Waals surface area contributed by atoms with E-state index < -0.39 is 22.0 Å². The highest BCUT2D eigenvalue weighted by molar-refractivity contribution is 6.30. The first-order chi connectivity index (χ1) is 11.9. The van der Waals surface area contributed by atoms with E-state index >= 15 is 0 Å². The Bertz CT molecular complexity index is 1020. The van der Waals surface area contributed by atoms with Crippen molar-refractivity contribution in [2.24, 2.45) is 0 Å². The summed E-state index contributed by atoms with van der Waals surface area (Å²) in [6.45, 7) is 0. The molecule has 0 radical (unpaired) electrons. The van der Waals surface area contributed by atoms with Crippen molar-refractivity contribution in [2.75, 3.05) is 0 Å². The van der Waals surface area contributed by atoms with Gasteiger partial charge in [-0.1, -0.05) is 11.6 Å². The van der Waals surface area contributed by atoms with Gasteiger partial charge in [-0.3, -0.25) is 14.9 Å². The Kier molecular flexibility index (Phi) is 4.36. The van der Waals surface area contributed by atoms with E-state index in [1.54, 1.807) is 24.3 Å². The molecule has 0 saturated carbocycles. The summed E-state index contributed by atoms with van der Waals surface area (Å²) in [6.07, 6.45) is 2.86. The molecule has 25 heavy (non-hydrogen) atoms. The first-order valence-electron chi connectivity index (χ1n) is 6.95. The molecule has 0 spiro atoms. The lowest BCUT2D eigenvalue weighted by Gasteiger charge is -1.97. The van der Waals surface area contributed by atoms with Gasteiger partial charge < -0.3 is 14.5 Å². The third-order valence-corrected chi connectivity index (χ3v) is 3.49. The van der Waals surface area contributed by atoms with E-state index in [0.29, 0.717) is 16.5 Å². The molecule has 0 atom stereocenters.